The lowest BCUT2D eigenvalue weighted by Crippen LogP contribution is -2.80. The quantitative estimate of drug-likeness (QED) is 0.0875. The van der Waals surface area contributed by atoms with Crippen LogP contribution in [0.15, 0.2) is 102 Å². The fourth-order valence-electron chi connectivity index (χ4n) is 11.2. The SMILES string of the molecule is CC[Si](CC)(CC)O[C@H]1C[C@H]2OC[C@@]2(OC(C)=O)C2C(OC(=O)c3ccccc3)[C@@]3(O)O[C@@H](C(=O)[C@@]21C)/C(=C(\C)CN(C)C(=O)[C@H](O)[C@@H](NC(=O)c1ccccc1)c1ccccc1)C3(C)C. The number of ketones is 1. The van der Waals surface area contributed by atoms with Crippen LogP contribution in [0.5, 0.6) is 0 Å². The Balaban J connectivity index is 1.33. The molecule has 0 aromatic heterocycles. The van der Waals surface area contributed by atoms with Gasteiger partial charge < -0.3 is 43.8 Å². The van der Waals surface area contributed by atoms with E-state index in [1.807, 2.05) is 0 Å². The van der Waals surface area contributed by atoms with Gasteiger partial charge in [-0.25, -0.2) is 4.79 Å². The lowest BCUT2D eigenvalue weighted by atomic mass is 9.49. The molecule has 2 bridgehead atoms. The lowest BCUT2D eigenvalue weighted by molar-refractivity contribution is -0.355. The Kier molecular flexibility index (Phi) is 13.8. The molecule has 66 heavy (non-hydrogen) atoms. The predicted octanol–water partition coefficient (Wildman–Crippen LogP) is 6.33. The molecule has 4 aliphatic rings. The van der Waals surface area contributed by atoms with Gasteiger partial charge in [0.15, 0.2) is 31.9 Å². The second-order valence-electron chi connectivity index (χ2n) is 19.1. The number of rotatable bonds is 15. The maximum atomic E-state index is 16.0. The van der Waals surface area contributed by atoms with Gasteiger partial charge in [0, 0.05) is 37.9 Å². The van der Waals surface area contributed by atoms with Crippen LogP contribution in [0.25, 0.3) is 0 Å². The molecule has 1 aliphatic carbocycles. The molecule has 10 atom stereocenters. The number of ether oxygens (including phenoxy) is 4. The monoisotopic (exact) mass is 924 g/mol. The number of benzene rings is 3. The molecule has 7 rings (SSSR count). The van der Waals surface area contributed by atoms with Crippen molar-refractivity contribution in [3.8, 4) is 0 Å². The number of hydrogen-bond acceptors (Lipinski definition) is 12. The van der Waals surface area contributed by atoms with Crippen molar-refractivity contribution >= 4 is 37.9 Å². The Bertz CT molecular complexity index is 2330. The van der Waals surface area contributed by atoms with Gasteiger partial charge in [-0.15, -0.1) is 0 Å². The van der Waals surface area contributed by atoms with Crippen LogP contribution in [0.4, 0.5) is 0 Å². The van der Waals surface area contributed by atoms with Crippen molar-refractivity contribution in [2.45, 2.75) is 128 Å². The average molecular weight is 925 g/mol. The summed E-state index contributed by atoms with van der Waals surface area (Å²) in [4.78, 5) is 72.6. The third-order valence-corrected chi connectivity index (χ3v) is 19.8. The number of nitrogens with one attached hydrogen (secondary N) is 1. The number of fused-ring (bicyclic) bond motifs is 5. The van der Waals surface area contributed by atoms with Gasteiger partial charge in [0.05, 0.1) is 35.6 Å². The number of hydrogen-bond donors (Lipinski definition) is 3. The van der Waals surface area contributed by atoms with Crippen molar-refractivity contribution in [2.75, 3.05) is 20.2 Å². The number of carbonyl (C=O) groups excluding carboxylic acids is 5. The number of carbonyl (C=O) groups is 5. The number of aliphatic hydroxyl groups excluding tert-OH is 1. The summed E-state index contributed by atoms with van der Waals surface area (Å²) in [6, 6.07) is 26.6. The van der Waals surface area contributed by atoms with Crippen LogP contribution in [0.2, 0.25) is 18.1 Å². The average Bonchev–Trinajstić information content (AvgIpc) is 3.49. The summed E-state index contributed by atoms with van der Waals surface area (Å²) in [7, 11) is -1.01. The first kappa shape index (κ1) is 48.9. The van der Waals surface area contributed by atoms with Gasteiger partial charge in [-0.05, 0) is 67.4 Å². The molecule has 2 amide bonds. The Morgan fingerprint density at radius 1 is 0.879 bits per heavy atom. The zero-order valence-electron chi connectivity index (χ0n) is 39.4. The van der Waals surface area contributed by atoms with Crippen LogP contribution >= 0.6 is 0 Å². The first-order chi connectivity index (χ1) is 31.2. The molecule has 1 saturated carbocycles. The van der Waals surface area contributed by atoms with E-state index in [4.69, 9.17) is 23.4 Å². The molecule has 0 spiro atoms. The van der Waals surface area contributed by atoms with E-state index in [0.717, 1.165) is 18.1 Å². The normalized spacial score (nSPS) is 30.3. The number of Topliss-reactive ketones (excluding diaryl/α,β-unsaturated/α-hetero) is 1. The van der Waals surface area contributed by atoms with E-state index >= 15 is 4.79 Å². The van der Waals surface area contributed by atoms with Gasteiger partial charge in [-0.3, -0.25) is 19.2 Å². The van der Waals surface area contributed by atoms with E-state index in [1.165, 1.54) is 18.9 Å². The summed E-state index contributed by atoms with van der Waals surface area (Å²) in [6.45, 7) is 14.1. The molecule has 3 N–H and O–H groups in total. The van der Waals surface area contributed by atoms with Crippen LogP contribution in [0, 0.1) is 16.7 Å². The van der Waals surface area contributed by atoms with E-state index in [2.05, 4.69) is 26.1 Å². The molecule has 3 heterocycles. The van der Waals surface area contributed by atoms with Crippen molar-refractivity contribution in [2.24, 2.45) is 16.7 Å². The van der Waals surface area contributed by atoms with Crippen LogP contribution < -0.4 is 5.32 Å². The molecule has 15 heteroatoms. The zero-order valence-corrected chi connectivity index (χ0v) is 40.4. The van der Waals surface area contributed by atoms with Gasteiger partial charge in [0.25, 0.3) is 11.8 Å². The van der Waals surface area contributed by atoms with Crippen molar-refractivity contribution in [3.05, 3.63) is 119 Å². The summed E-state index contributed by atoms with van der Waals surface area (Å²) in [5.74, 6) is -6.72. The molecule has 3 aliphatic heterocycles. The van der Waals surface area contributed by atoms with Crippen LogP contribution in [0.1, 0.15) is 94.1 Å². The largest absolute Gasteiger partial charge is 0.453 e. The fourth-order valence-corrected chi connectivity index (χ4v) is 14.2. The molecule has 4 fully saturated rings. The number of amides is 2. The number of nitrogens with zero attached hydrogens (tertiary/aromatic N) is 1. The minimum atomic E-state index is -2.51. The van der Waals surface area contributed by atoms with Crippen molar-refractivity contribution in [1.29, 1.82) is 0 Å². The standard InChI is InChI=1S/C51H64N2O12Si/c1-10-66(11-2,12-3)65-36-28-37-50(30-61-37,63-32(5)54)42-44(62-47(59)35-26-20-15-21-27-35)51(60)48(6,7)38(41(64-51)43(56)49(36,42)8)31(4)29-53(9)46(58)40(55)39(33-22-16-13-17-23-33)52-45(57)34-24-18-14-19-25-34/h13-27,36-37,39-42,44,55,60H,10-12,28-30H2,1-9H3,(H,52,57)/b38-31-/t36-,37+,39-,40+,41+,42?,44?,49+,50-,51+/m0/s1. The van der Waals surface area contributed by atoms with Crippen molar-refractivity contribution < 1.29 is 57.6 Å². The highest BCUT2D eigenvalue weighted by Crippen LogP contribution is 2.66. The fraction of sp³-hybridized carbons (Fsp3) is 0.510. The highest BCUT2D eigenvalue weighted by Gasteiger charge is 2.81. The number of aliphatic hydroxyl groups is 2. The molecule has 354 valence electrons. The van der Waals surface area contributed by atoms with E-state index in [9.17, 15) is 29.4 Å². The Morgan fingerprint density at radius 3 is 1.97 bits per heavy atom. The number of esters is 2. The molecule has 0 radical (unpaired) electrons. The van der Waals surface area contributed by atoms with E-state index in [-0.39, 0.29) is 25.1 Å². The van der Waals surface area contributed by atoms with E-state index in [1.54, 1.807) is 119 Å². The van der Waals surface area contributed by atoms with Gasteiger partial charge in [0.1, 0.15) is 12.2 Å². The lowest BCUT2D eigenvalue weighted by Gasteiger charge is -2.65. The second kappa shape index (κ2) is 18.6. The van der Waals surface area contributed by atoms with Gasteiger partial charge >= 0.3 is 11.9 Å². The van der Waals surface area contributed by atoms with Crippen molar-refractivity contribution in [3.63, 3.8) is 0 Å². The summed E-state index contributed by atoms with van der Waals surface area (Å²) in [6.07, 6.45) is -6.21. The second-order valence-corrected chi connectivity index (χ2v) is 23.9. The van der Waals surface area contributed by atoms with Crippen molar-refractivity contribution in [1.82, 2.24) is 10.2 Å². The maximum absolute atomic E-state index is 16.0. The molecule has 3 aromatic rings. The minimum Gasteiger partial charge on any atom is -0.453 e. The predicted molar refractivity (Wildman–Crippen MR) is 246 cm³/mol. The molecule has 3 saturated heterocycles. The summed E-state index contributed by atoms with van der Waals surface area (Å²) in [5.41, 5.74) is -2.75. The summed E-state index contributed by atoms with van der Waals surface area (Å²) >= 11 is 0. The summed E-state index contributed by atoms with van der Waals surface area (Å²) in [5, 5.41) is 28.1. The molecular weight excluding hydrogens is 861 g/mol. The van der Waals surface area contributed by atoms with Crippen LogP contribution in [0.3, 0.4) is 0 Å². The Morgan fingerprint density at radius 2 is 1.44 bits per heavy atom. The molecular formula is C51H64N2O12Si. The van der Waals surface area contributed by atoms with E-state index in [0.29, 0.717) is 22.3 Å². The van der Waals surface area contributed by atoms with Crippen LogP contribution in [-0.2, 0) is 37.8 Å². The van der Waals surface area contributed by atoms with E-state index < -0.39 is 103 Å². The molecule has 2 unspecified atom stereocenters. The summed E-state index contributed by atoms with van der Waals surface area (Å²) < 4.78 is 33.0. The maximum Gasteiger partial charge on any atom is 0.338 e. The molecule has 3 aromatic carbocycles. The third kappa shape index (κ3) is 8.15. The van der Waals surface area contributed by atoms with Crippen LogP contribution in [-0.4, -0.2) is 115 Å². The van der Waals surface area contributed by atoms with Gasteiger partial charge in [0.2, 0.25) is 5.79 Å². The minimum absolute atomic E-state index is 0.122. The topological polar surface area (TPSA) is 187 Å². The smallest absolute Gasteiger partial charge is 0.338 e. The highest BCUT2D eigenvalue weighted by atomic mass is 28.4. The Hall–Kier alpha value is -5.03. The first-order valence-electron chi connectivity index (χ1n) is 23.0. The highest BCUT2D eigenvalue weighted by molar-refractivity contribution is 6.73. The number of likely N-dealkylation sites (N-methyl/N-ethyl adjacent to an activating group) is 1. The van der Waals surface area contributed by atoms with Gasteiger partial charge in [-0.1, -0.05) is 107 Å². The van der Waals surface area contributed by atoms with Gasteiger partial charge in [-0.2, -0.15) is 0 Å². The Labute approximate surface area is 388 Å². The first-order valence-corrected chi connectivity index (χ1v) is 25.5. The third-order valence-electron chi connectivity index (χ3n) is 15.2. The zero-order chi connectivity index (χ0) is 48.0. The molecule has 14 nitrogen and oxygen atoms in total.